The van der Waals surface area contributed by atoms with Crippen molar-refractivity contribution in [2.24, 2.45) is 0 Å². The first-order valence-electron chi connectivity index (χ1n) is 10.6. The number of nitrogens with one attached hydrogen (secondary N) is 2. The van der Waals surface area contributed by atoms with Crippen molar-refractivity contribution in [2.75, 3.05) is 5.32 Å². The Morgan fingerprint density at radius 1 is 0.875 bits per heavy atom. The van der Waals surface area contributed by atoms with Gasteiger partial charge in [-0.1, -0.05) is 49.6 Å². The predicted molar refractivity (Wildman–Crippen MR) is 115 cm³/mol. The van der Waals surface area contributed by atoms with E-state index in [-0.39, 0.29) is 11.4 Å². The van der Waals surface area contributed by atoms with Gasteiger partial charge < -0.3 is 5.32 Å². The smallest absolute Gasteiger partial charge is 0.307 e. The third kappa shape index (κ3) is 4.02. The van der Waals surface area contributed by atoms with Gasteiger partial charge in [-0.05, 0) is 31.0 Å². The van der Waals surface area contributed by atoms with Gasteiger partial charge in [0.15, 0.2) is 5.82 Å². The van der Waals surface area contributed by atoms with Crippen molar-refractivity contribution < 1.29 is 13.2 Å². The van der Waals surface area contributed by atoms with Crippen molar-refractivity contribution in [3.05, 3.63) is 59.9 Å². The molecule has 2 N–H and O–H groups in total. The second-order valence-corrected chi connectivity index (χ2v) is 7.96. The fourth-order valence-corrected chi connectivity index (χ4v) is 4.21. The summed E-state index contributed by atoms with van der Waals surface area (Å²) in [4.78, 5) is 13.4. The first-order valence-corrected chi connectivity index (χ1v) is 10.6. The van der Waals surface area contributed by atoms with Crippen molar-refractivity contribution in [3.8, 4) is 11.4 Å². The van der Waals surface area contributed by atoms with Gasteiger partial charge in [0, 0.05) is 16.9 Å². The maximum atomic E-state index is 13.6. The van der Waals surface area contributed by atoms with Crippen LogP contribution in [0.15, 0.2) is 48.5 Å². The second-order valence-electron chi connectivity index (χ2n) is 7.96. The molecule has 6 nitrogen and oxygen atoms in total. The zero-order valence-electron chi connectivity index (χ0n) is 17.2. The molecule has 4 aromatic rings. The summed E-state index contributed by atoms with van der Waals surface area (Å²) < 4.78 is 40.7. The summed E-state index contributed by atoms with van der Waals surface area (Å²) >= 11 is 0. The second kappa shape index (κ2) is 8.22. The number of H-pyrrole nitrogens is 1. The molecule has 0 unspecified atom stereocenters. The highest BCUT2D eigenvalue weighted by molar-refractivity contribution is 5.91. The fourth-order valence-electron chi connectivity index (χ4n) is 4.21. The van der Waals surface area contributed by atoms with Gasteiger partial charge >= 0.3 is 6.18 Å². The van der Waals surface area contributed by atoms with Crippen LogP contribution in [0.4, 0.5) is 24.9 Å². The van der Waals surface area contributed by atoms with E-state index in [9.17, 15) is 13.2 Å². The molecule has 0 spiro atoms. The van der Waals surface area contributed by atoms with Crippen molar-refractivity contribution in [1.82, 2.24) is 25.1 Å². The quantitative estimate of drug-likeness (QED) is 0.395. The Morgan fingerprint density at radius 2 is 1.62 bits per heavy atom. The predicted octanol–water partition coefficient (Wildman–Crippen LogP) is 6.23. The lowest BCUT2D eigenvalue weighted by Gasteiger charge is -2.18. The molecule has 2 aromatic heterocycles. The van der Waals surface area contributed by atoms with Gasteiger partial charge in [-0.2, -0.15) is 18.2 Å². The first-order chi connectivity index (χ1) is 15.5. The van der Waals surface area contributed by atoms with Crippen LogP contribution in [0.25, 0.3) is 22.3 Å². The molecule has 1 saturated carbocycles. The van der Waals surface area contributed by atoms with Crippen molar-refractivity contribution in [2.45, 2.75) is 44.2 Å². The van der Waals surface area contributed by atoms with Gasteiger partial charge in [0.2, 0.25) is 5.95 Å². The summed E-state index contributed by atoms with van der Waals surface area (Å²) in [6, 6.07) is 12.5. The molecule has 1 aliphatic carbocycles. The lowest BCUT2D eigenvalue weighted by Crippen LogP contribution is -2.09. The standard InChI is InChI=1S/C23H21F3N6/c24-23(25,26)17-12-6-4-10-15(17)20-27-18-13-7-5-11-16(18)21(28-20)30-22-29-19(31-32-22)14-8-2-1-3-9-14/h4-7,10-14H,1-3,8-9H2,(H2,27,28,29,30,31,32). The van der Waals surface area contributed by atoms with Gasteiger partial charge in [-0.3, -0.25) is 5.10 Å². The summed E-state index contributed by atoms with van der Waals surface area (Å²) in [5.41, 5.74) is -0.328. The minimum Gasteiger partial charge on any atom is -0.307 e. The summed E-state index contributed by atoms with van der Waals surface area (Å²) in [5.74, 6) is 1.86. The Labute approximate surface area is 182 Å². The number of hydrogen-bond donors (Lipinski definition) is 2. The van der Waals surface area contributed by atoms with E-state index in [1.165, 1.54) is 31.4 Å². The molecule has 9 heteroatoms. The Kier molecular flexibility index (Phi) is 5.24. The molecule has 5 rings (SSSR count). The van der Waals surface area contributed by atoms with Crippen LogP contribution >= 0.6 is 0 Å². The van der Waals surface area contributed by atoms with Crippen molar-refractivity contribution >= 4 is 22.7 Å². The van der Waals surface area contributed by atoms with Gasteiger partial charge in [0.1, 0.15) is 11.6 Å². The average Bonchev–Trinajstić information content (AvgIpc) is 3.27. The van der Waals surface area contributed by atoms with Crippen LogP contribution < -0.4 is 5.32 Å². The minimum absolute atomic E-state index is 0.0119. The van der Waals surface area contributed by atoms with E-state index in [2.05, 4.69) is 30.5 Å². The molecular weight excluding hydrogens is 417 g/mol. The number of fused-ring (bicyclic) bond motifs is 1. The number of rotatable bonds is 4. The van der Waals surface area contributed by atoms with Crippen LogP contribution in [0.5, 0.6) is 0 Å². The number of anilines is 2. The van der Waals surface area contributed by atoms with Crippen LogP contribution in [0, 0.1) is 0 Å². The van der Waals surface area contributed by atoms with Crippen molar-refractivity contribution in [3.63, 3.8) is 0 Å². The van der Waals surface area contributed by atoms with Crippen LogP contribution in [0.1, 0.15) is 49.4 Å². The number of aromatic nitrogens is 5. The maximum Gasteiger partial charge on any atom is 0.417 e. The molecule has 0 atom stereocenters. The zero-order chi connectivity index (χ0) is 22.1. The van der Waals surface area contributed by atoms with Gasteiger partial charge in [0.05, 0.1) is 11.1 Å². The lowest BCUT2D eigenvalue weighted by atomic mass is 9.89. The number of benzene rings is 2. The molecule has 0 bridgehead atoms. The summed E-state index contributed by atoms with van der Waals surface area (Å²) in [7, 11) is 0. The number of halogens is 3. The molecule has 2 aromatic carbocycles. The van der Waals surface area contributed by atoms with Gasteiger partial charge in [0.25, 0.3) is 0 Å². The van der Waals surface area contributed by atoms with Gasteiger partial charge in [-0.15, -0.1) is 5.10 Å². The molecule has 1 aliphatic rings. The number of hydrogen-bond acceptors (Lipinski definition) is 5. The Balaban J connectivity index is 1.55. The Bertz CT molecular complexity index is 1240. The Hall–Kier alpha value is -3.49. The van der Waals surface area contributed by atoms with Crippen LogP contribution in [0.2, 0.25) is 0 Å². The maximum absolute atomic E-state index is 13.6. The highest BCUT2D eigenvalue weighted by Crippen LogP contribution is 2.37. The van der Waals surface area contributed by atoms with E-state index in [4.69, 9.17) is 0 Å². The van der Waals surface area contributed by atoms with Crippen molar-refractivity contribution in [1.29, 1.82) is 0 Å². The minimum atomic E-state index is -4.52. The van der Waals surface area contributed by atoms with Crippen LogP contribution in [-0.4, -0.2) is 25.1 Å². The van der Waals surface area contributed by atoms with E-state index in [1.807, 2.05) is 12.1 Å². The molecule has 164 valence electrons. The molecule has 0 amide bonds. The van der Waals surface area contributed by atoms with E-state index < -0.39 is 11.7 Å². The third-order valence-corrected chi connectivity index (χ3v) is 5.80. The van der Waals surface area contributed by atoms with Gasteiger partial charge in [-0.25, -0.2) is 9.97 Å². The topological polar surface area (TPSA) is 79.4 Å². The number of alkyl halides is 3. The molecule has 32 heavy (non-hydrogen) atoms. The first kappa shape index (κ1) is 20.4. The van der Waals surface area contributed by atoms with Crippen LogP contribution in [-0.2, 0) is 6.18 Å². The molecule has 0 saturated heterocycles. The highest BCUT2D eigenvalue weighted by Gasteiger charge is 2.34. The van der Waals surface area contributed by atoms with Crippen LogP contribution in [0.3, 0.4) is 0 Å². The molecular formula is C23H21F3N6. The average molecular weight is 438 g/mol. The fraction of sp³-hybridized carbons (Fsp3) is 0.304. The van der Waals surface area contributed by atoms with E-state index in [1.54, 1.807) is 18.2 Å². The monoisotopic (exact) mass is 438 g/mol. The molecule has 2 heterocycles. The number of para-hydroxylation sites is 1. The number of nitrogens with zero attached hydrogens (tertiary/aromatic N) is 4. The van der Waals surface area contributed by atoms with E-state index in [0.717, 1.165) is 24.7 Å². The summed E-state index contributed by atoms with van der Waals surface area (Å²) in [6.07, 6.45) is 1.22. The summed E-state index contributed by atoms with van der Waals surface area (Å²) in [5, 5.41) is 11.0. The normalized spacial score (nSPS) is 15.2. The Morgan fingerprint density at radius 3 is 2.44 bits per heavy atom. The molecule has 0 radical (unpaired) electrons. The molecule has 0 aliphatic heterocycles. The van der Waals surface area contributed by atoms with E-state index >= 15 is 0 Å². The SMILES string of the molecule is FC(F)(F)c1ccccc1-c1nc(Nc2n[nH]c(C3CCCCC3)n2)c2ccccc2n1. The number of aromatic amines is 1. The summed E-state index contributed by atoms with van der Waals surface area (Å²) in [6.45, 7) is 0. The lowest BCUT2D eigenvalue weighted by molar-refractivity contribution is -0.137. The molecule has 1 fully saturated rings. The highest BCUT2D eigenvalue weighted by atomic mass is 19.4. The zero-order valence-corrected chi connectivity index (χ0v) is 17.2. The largest absolute Gasteiger partial charge is 0.417 e. The van der Waals surface area contributed by atoms with E-state index in [0.29, 0.717) is 28.6 Å². The third-order valence-electron chi connectivity index (χ3n) is 5.80.